The summed E-state index contributed by atoms with van der Waals surface area (Å²) in [6.07, 6.45) is -2.39. The number of hydrogen-bond acceptors (Lipinski definition) is 10. The second kappa shape index (κ2) is 13.4. The molecule has 0 spiro atoms. The van der Waals surface area contributed by atoms with Crippen LogP contribution in [0.3, 0.4) is 0 Å². The number of piperazine rings is 1. The van der Waals surface area contributed by atoms with Gasteiger partial charge in [-0.1, -0.05) is 16.8 Å². The first-order valence-electron chi connectivity index (χ1n) is 13.2. The molecule has 1 saturated heterocycles. The van der Waals surface area contributed by atoms with Gasteiger partial charge in [0.1, 0.15) is 5.15 Å². The van der Waals surface area contributed by atoms with E-state index in [0.717, 1.165) is 26.2 Å². The fourth-order valence-electron chi connectivity index (χ4n) is 4.45. The third-order valence-electron chi connectivity index (χ3n) is 6.81. The van der Waals surface area contributed by atoms with Crippen LogP contribution in [0.4, 0.5) is 24.5 Å². The lowest BCUT2D eigenvalue weighted by molar-refractivity contribution is -0.141. The Morgan fingerprint density at radius 2 is 1.86 bits per heavy atom. The number of nitrogens with zero attached hydrogens (tertiary/aromatic N) is 6. The minimum Gasteiger partial charge on any atom is -0.469 e. The van der Waals surface area contributed by atoms with E-state index in [0.29, 0.717) is 24.5 Å². The van der Waals surface area contributed by atoms with Crippen molar-refractivity contribution in [2.45, 2.75) is 25.9 Å². The Labute approximate surface area is 249 Å². The van der Waals surface area contributed by atoms with Crippen molar-refractivity contribution in [2.24, 2.45) is 0 Å². The van der Waals surface area contributed by atoms with Crippen LogP contribution >= 0.6 is 11.6 Å². The number of amides is 1. The number of anilines is 2. The zero-order valence-electron chi connectivity index (χ0n) is 23.6. The van der Waals surface area contributed by atoms with Gasteiger partial charge in [-0.05, 0) is 44.2 Å². The van der Waals surface area contributed by atoms with Crippen molar-refractivity contribution in [3.05, 3.63) is 58.1 Å². The highest BCUT2D eigenvalue weighted by Crippen LogP contribution is 2.37. The molecule has 12 nitrogen and oxygen atoms in total. The van der Waals surface area contributed by atoms with Crippen molar-refractivity contribution in [1.82, 2.24) is 24.9 Å². The molecular formula is C27H29ClF3N7O5. The van der Waals surface area contributed by atoms with Crippen molar-refractivity contribution >= 4 is 40.8 Å². The van der Waals surface area contributed by atoms with Crippen molar-refractivity contribution < 1.29 is 37.0 Å². The number of aromatic nitrogens is 4. The lowest BCUT2D eigenvalue weighted by Crippen LogP contribution is -2.44. The van der Waals surface area contributed by atoms with Crippen LogP contribution in [-0.2, 0) is 20.4 Å². The summed E-state index contributed by atoms with van der Waals surface area (Å²) in [6, 6.07) is 4.91. The second-order valence-corrected chi connectivity index (χ2v) is 10.1. The molecule has 4 rings (SSSR count). The van der Waals surface area contributed by atoms with Crippen LogP contribution in [-0.4, -0.2) is 89.7 Å². The Bertz CT molecular complexity index is 1510. The molecule has 1 aliphatic heterocycles. The number of methoxy groups -OCH3 is 1. The molecule has 0 bridgehead atoms. The Morgan fingerprint density at radius 1 is 1.14 bits per heavy atom. The summed E-state index contributed by atoms with van der Waals surface area (Å²) < 4.78 is 52.8. The van der Waals surface area contributed by atoms with Crippen molar-refractivity contribution in [2.75, 3.05) is 57.2 Å². The summed E-state index contributed by atoms with van der Waals surface area (Å²) in [5.74, 6) is -2.21. The van der Waals surface area contributed by atoms with Gasteiger partial charge in [-0.3, -0.25) is 9.59 Å². The molecule has 43 heavy (non-hydrogen) atoms. The molecule has 16 heteroatoms. The van der Waals surface area contributed by atoms with Gasteiger partial charge in [0.25, 0.3) is 5.91 Å². The number of alkyl halides is 3. The maximum atomic E-state index is 13.9. The fourth-order valence-corrected chi connectivity index (χ4v) is 4.59. The maximum absolute atomic E-state index is 13.9. The molecule has 2 aromatic heterocycles. The summed E-state index contributed by atoms with van der Waals surface area (Å²) in [6.45, 7) is 3.82. The van der Waals surface area contributed by atoms with Gasteiger partial charge in [-0.25, -0.2) is 14.5 Å². The molecule has 1 N–H and O–H groups in total. The van der Waals surface area contributed by atoms with E-state index in [1.165, 1.54) is 24.1 Å². The molecule has 0 aliphatic carbocycles. The van der Waals surface area contributed by atoms with E-state index in [-0.39, 0.29) is 41.5 Å². The number of hydrogen-bond donors (Lipinski definition) is 1. The minimum atomic E-state index is -4.85. The van der Waals surface area contributed by atoms with E-state index in [9.17, 15) is 27.6 Å². The molecule has 0 saturated carbocycles. The average Bonchev–Trinajstić information content (AvgIpc) is 3.47. The molecule has 1 amide bonds. The average molecular weight is 624 g/mol. The van der Waals surface area contributed by atoms with Crippen LogP contribution in [0.2, 0.25) is 5.15 Å². The summed E-state index contributed by atoms with van der Waals surface area (Å²) in [4.78, 5) is 44.8. The van der Waals surface area contributed by atoms with Crippen LogP contribution in [0.1, 0.15) is 44.8 Å². The molecule has 0 unspecified atom stereocenters. The van der Waals surface area contributed by atoms with Gasteiger partial charge in [0, 0.05) is 38.8 Å². The number of ether oxygens (including phenoxy) is 2. The Morgan fingerprint density at radius 3 is 2.53 bits per heavy atom. The smallest absolute Gasteiger partial charge is 0.417 e. The third kappa shape index (κ3) is 7.59. The molecule has 1 aliphatic rings. The van der Waals surface area contributed by atoms with Crippen LogP contribution in [0.15, 0.2) is 30.6 Å². The number of carbonyl (C=O) groups excluding carboxylic acids is 3. The molecule has 1 fully saturated rings. The number of likely N-dealkylation sites (N-methyl/N-ethyl adjacent to an activating group) is 1. The predicted molar refractivity (Wildman–Crippen MR) is 150 cm³/mol. The number of halogens is 4. The SMILES string of the molecule is COC(=O)CCCOC(=O)c1cn(-c2ccc(N3CCN(C)CC3)c(NC(=O)c3cnc(Cl)c(C)c3C(F)(F)F)c2)nn1. The van der Waals surface area contributed by atoms with Gasteiger partial charge < -0.3 is 24.6 Å². The first kappa shape index (κ1) is 31.7. The highest BCUT2D eigenvalue weighted by Gasteiger charge is 2.38. The van der Waals surface area contributed by atoms with Gasteiger partial charge in [-0.15, -0.1) is 5.10 Å². The van der Waals surface area contributed by atoms with Gasteiger partial charge in [0.15, 0.2) is 5.69 Å². The van der Waals surface area contributed by atoms with E-state index >= 15 is 0 Å². The number of rotatable bonds is 9. The molecule has 3 heterocycles. The number of esters is 2. The van der Waals surface area contributed by atoms with E-state index < -0.39 is 35.1 Å². The summed E-state index contributed by atoms with van der Waals surface area (Å²) in [7, 11) is 3.24. The first-order chi connectivity index (χ1) is 20.4. The lowest BCUT2D eigenvalue weighted by Gasteiger charge is -2.35. The standard InChI is InChI=1S/C27H29ClF3N7O5/c1-16-23(27(29,30)31)18(14-32-24(16)28)25(40)33-19-13-17(6-7-21(19)37-10-8-36(2)9-11-37)38-15-20(34-35-38)26(41)43-12-4-5-22(39)42-3/h6-7,13-15H,4-5,8-12H2,1-3H3,(H,33,40). The third-order valence-corrected chi connectivity index (χ3v) is 7.20. The van der Waals surface area contributed by atoms with Crippen LogP contribution < -0.4 is 10.2 Å². The molecule has 0 atom stereocenters. The van der Waals surface area contributed by atoms with E-state index in [1.54, 1.807) is 12.1 Å². The van der Waals surface area contributed by atoms with Gasteiger partial charge in [0.2, 0.25) is 0 Å². The Hall–Kier alpha value is -4.24. The van der Waals surface area contributed by atoms with Crippen molar-refractivity contribution in [3.63, 3.8) is 0 Å². The highest BCUT2D eigenvalue weighted by atomic mass is 35.5. The highest BCUT2D eigenvalue weighted by molar-refractivity contribution is 6.30. The Balaban J connectivity index is 1.62. The molecule has 3 aromatic rings. The zero-order chi connectivity index (χ0) is 31.3. The number of nitrogens with one attached hydrogen (secondary N) is 1. The molecule has 1 aromatic carbocycles. The largest absolute Gasteiger partial charge is 0.469 e. The monoisotopic (exact) mass is 623 g/mol. The van der Waals surface area contributed by atoms with E-state index in [2.05, 4.69) is 30.2 Å². The molecule has 0 radical (unpaired) electrons. The molecule has 230 valence electrons. The lowest BCUT2D eigenvalue weighted by atomic mass is 10.0. The van der Waals surface area contributed by atoms with Crippen LogP contribution in [0.5, 0.6) is 0 Å². The summed E-state index contributed by atoms with van der Waals surface area (Å²) in [5.41, 5.74) is -1.15. The fraction of sp³-hybridized carbons (Fsp3) is 0.407. The molecular weight excluding hydrogens is 595 g/mol. The van der Waals surface area contributed by atoms with Crippen LogP contribution in [0.25, 0.3) is 5.69 Å². The van der Waals surface area contributed by atoms with Crippen molar-refractivity contribution in [1.29, 1.82) is 0 Å². The number of carbonyl (C=O) groups is 3. The van der Waals surface area contributed by atoms with E-state index in [1.807, 2.05) is 11.9 Å². The summed E-state index contributed by atoms with van der Waals surface area (Å²) in [5, 5.41) is 10.1. The number of pyridine rings is 1. The van der Waals surface area contributed by atoms with Gasteiger partial charge >= 0.3 is 18.1 Å². The second-order valence-electron chi connectivity index (χ2n) is 9.77. The zero-order valence-corrected chi connectivity index (χ0v) is 24.3. The summed E-state index contributed by atoms with van der Waals surface area (Å²) >= 11 is 5.84. The van der Waals surface area contributed by atoms with Gasteiger partial charge in [-0.2, -0.15) is 13.2 Å². The first-order valence-corrected chi connectivity index (χ1v) is 13.5. The quantitative estimate of drug-likeness (QED) is 0.213. The van der Waals surface area contributed by atoms with Gasteiger partial charge in [0.05, 0.1) is 48.1 Å². The van der Waals surface area contributed by atoms with E-state index in [4.69, 9.17) is 16.3 Å². The Kier molecular flexibility index (Phi) is 9.86. The minimum absolute atomic E-state index is 0.0321. The normalized spacial score (nSPS) is 14.0. The van der Waals surface area contributed by atoms with Crippen molar-refractivity contribution in [3.8, 4) is 5.69 Å². The maximum Gasteiger partial charge on any atom is 0.417 e. The predicted octanol–water partition coefficient (Wildman–Crippen LogP) is 3.76. The topological polar surface area (TPSA) is 132 Å². The van der Waals surface area contributed by atoms with Crippen LogP contribution in [0, 0.1) is 6.92 Å². The number of benzene rings is 1.